The molecule has 0 amide bonds. The number of hydrogen-bond acceptors (Lipinski definition) is 2. The Bertz CT molecular complexity index is 666. The van der Waals surface area contributed by atoms with E-state index in [-0.39, 0.29) is 0 Å². The van der Waals surface area contributed by atoms with Crippen molar-refractivity contribution in [1.82, 2.24) is 14.6 Å². The molecule has 0 atom stereocenters. The molecule has 2 aromatic heterocycles. The Hall–Kier alpha value is -2.16. The van der Waals surface area contributed by atoms with Gasteiger partial charge in [0.1, 0.15) is 0 Å². The summed E-state index contributed by atoms with van der Waals surface area (Å²) in [6, 6.07) is 12.4. The Balaban J connectivity index is 2.26. The van der Waals surface area contributed by atoms with E-state index in [0.29, 0.717) is 0 Å². The van der Waals surface area contributed by atoms with Gasteiger partial charge >= 0.3 is 0 Å². The van der Waals surface area contributed by atoms with Crippen LogP contribution < -0.4 is 0 Å². The summed E-state index contributed by atoms with van der Waals surface area (Å²) in [5.41, 5.74) is 5.36. The molecule has 0 unspecified atom stereocenters. The van der Waals surface area contributed by atoms with Gasteiger partial charge in [-0.3, -0.25) is 0 Å². The summed E-state index contributed by atoms with van der Waals surface area (Å²) in [4.78, 5) is 4.31. The molecule has 3 rings (SSSR count). The lowest BCUT2D eigenvalue weighted by Crippen LogP contribution is -1.95. The molecular weight excluding hydrogens is 210 g/mol. The predicted octanol–water partition coefficient (Wildman–Crippen LogP) is 3.01. The molecule has 17 heavy (non-hydrogen) atoms. The fourth-order valence-corrected chi connectivity index (χ4v) is 1.95. The second-order valence-electron chi connectivity index (χ2n) is 4.25. The van der Waals surface area contributed by atoms with Gasteiger partial charge in [-0.25, -0.2) is 9.50 Å². The molecule has 0 aliphatic heterocycles. The highest BCUT2D eigenvalue weighted by Gasteiger charge is 2.05. The van der Waals surface area contributed by atoms with Crippen LogP contribution >= 0.6 is 0 Å². The Morgan fingerprint density at radius 1 is 1.00 bits per heavy atom. The van der Waals surface area contributed by atoms with E-state index in [1.54, 1.807) is 0 Å². The third-order valence-corrected chi connectivity index (χ3v) is 2.83. The minimum atomic E-state index is 0.889. The maximum Gasteiger partial charge on any atom is 0.155 e. The van der Waals surface area contributed by atoms with Crippen molar-refractivity contribution >= 4 is 5.65 Å². The molecule has 0 aliphatic rings. The van der Waals surface area contributed by atoms with Crippen molar-refractivity contribution in [3.63, 3.8) is 0 Å². The van der Waals surface area contributed by atoms with Gasteiger partial charge in [0.05, 0.1) is 11.4 Å². The molecule has 84 valence electrons. The minimum Gasteiger partial charge on any atom is -0.237 e. The van der Waals surface area contributed by atoms with Crippen molar-refractivity contribution in [3.05, 3.63) is 53.9 Å². The van der Waals surface area contributed by atoms with Crippen molar-refractivity contribution in [2.45, 2.75) is 13.8 Å². The molecule has 0 aliphatic carbocycles. The highest BCUT2D eigenvalue weighted by molar-refractivity contribution is 5.62. The highest BCUT2D eigenvalue weighted by atomic mass is 15.3. The number of aromatic nitrogens is 3. The van der Waals surface area contributed by atoms with E-state index in [4.69, 9.17) is 0 Å². The van der Waals surface area contributed by atoms with E-state index in [2.05, 4.69) is 41.3 Å². The maximum atomic E-state index is 4.47. The Morgan fingerprint density at radius 2 is 1.76 bits per heavy atom. The summed E-state index contributed by atoms with van der Waals surface area (Å²) in [6.07, 6.45) is 1.83. The average molecular weight is 223 g/mol. The smallest absolute Gasteiger partial charge is 0.155 e. The number of nitrogens with zero attached hydrogens (tertiary/aromatic N) is 3. The van der Waals surface area contributed by atoms with Crippen LogP contribution in [0.3, 0.4) is 0 Å². The monoisotopic (exact) mass is 223 g/mol. The number of benzene rings is 1. The van der Waals surface area contributed by atoms with Crippen LogP contribution in [0.25, 0.3) is 16.9 Å². The lowest BCUT2D eigenvalue weighted by molar-refractivity contribution is 0.925. The number of hydrogen-bond donors (Lipinski definition) is 0. The second kappa shape index (κ2) is 3.70. The first-order valence-corrected chi connectivity index (χ1v) is 5.62. The largest absolute Gasteiger partial charge is 0.237 e. The van der Waals surface area contributed by atoms with Gasteiger partial charge in [0.25, 0.3) is 0 Å². The summed E-state index contributed by atoms with van der Waals surface area (Å²) in [7, 11) is 0. The number of fused-ring (bicyclic) bond motifs is 1. The molecule has 0 saturated carbocycles. The van der Waals surface area contributed by atoms with Crippen molar-refractivity contribution in [2.75, 3.05) is 0 Å². The van der Waals surface area contributed by atoms with Gasteiger partial charge < -0.3 is 0 Å². The third-order valence-electron chi connectivity index (χ3n) is 2.83. The molecule has 0 fully saturated rings. The van der Waals surface area contributed by atoms with Gasteiger partial charge in [0, 0.05) is 17.8 Å². The van der Waals surface area contributed by atoms with E-state index in [1.807, 2.05) is 29.8 Å². The van der Waals surface area contributed by atoms with Crippen LogP contribution in [-0.4, -0.2) is 14.6 Å². The van der Waals surface area contributed by atoms with Crippen LogP contribution in [0.4, 0.5) is 0 Å². The standard InChI is InChI=1S/C14H13N3/c1-10-3-5-12(6-4-10)13-7-8-15-14-9-11(2)16-17(13)14/h3-9H,1-2H3. The molecule has 0 radical (unpaired) electrons. The van der Waals surface area contributed by atoms with Crippen molar-refractivity contribution in [2.24, 2.45) is 0 Å². The van der Waals surface area contributed by atoms with E-state index in [9.17, 15) is 0 Å². The third kappa shape index (κ3) is 1.69. The Morgan fingerprint density at radius 3 is 2.53 bits per heavy atom. The Labute approximate surface area is 99.7 Å². The van der Waals surface area contributed by atoms with Crippen molar-refractivity contribution < 1.29 is 0 Å². The highest BCUT2D eigenvalue weighted by Crippen LogP contribution is 2.20. The Kier molecular flexibility index (Phi) is 2.18. The van der Waals surface area contributed by atoms with Crippen LogP contribution in [0.5, 0.6) is 0 Å². The summed E-state index contributed by atoms with van der Waals surface area (Å²) in [5, 5.41) is 4.47. The first-order valence-electron chi connectivity index (χ1n) is 5.62. The van der Waals surface area contributed by atoms with Gasteiger partial charge in [-0.05, 0) is 19.9 Å². The number of aryl methyl sites for hydroxylation is 2. The van der Waals surface area contributed by atoms with Crippen LogP contribution in [0.15, 0.2) is 42.6 Å². The van der Waals surface area contributed by atoms with Crippen molar-refractivity contribution in [3.8, 4) is 11.3 Å². The number of rotatable bonds is 1. The van der Waals surface area contributed by atoms with Gasteiger partial charge in [-0.15, -0.1) is 0 Å². The zero-order valence-electron chi connectivity index (χ0n) is 9.88. The van der Waals surface area contributed by atoms with E-state index in [0.717, 1.165) is 22.6 Å². The fraction of sp³-hybridized carbons (Fsp3) is 0.143. The molecule has 3 heteroatoms. The summed E-state index contributed by atoms with van der Waals surface area (Å²) in [5.74, 6) is 0. The van der Waals surface area contributed by atoms with E-state index in [1.165, 1.54) is 5.56 Å². The summed E-state index contributed by atoms with van der Waals surface area (Å²) in [6.45, 7) is 4.07. The predicted molar refractivity (Wildman–Crippen MR) is 67.9 cm³/mol. The molecular formula is C14H13N3. The molecule has 3 nitrogen and oxygen atoms in total. The van der Waals surface area contributed by atoms with Crippen LogP contribution in [0.2, 0.25) is 0 Å². The SMILES string of the molecule is Cc1ccc(-c2ccnc3cc(C)nn23)cc1. The lowest BCUT2D eigenvalue weighted by Gasteiger charge is -2.04. The summed E-state index contributed by atoms with van der Waals surface area (Å²) < 4.78 is 1.89. The van der Waals surface area contributed by atoms with Crippen LogP contribution in [-0.2, 0) is 0 Å². The first-order chi connectivity index (χ1) is 8.24. The minimum absolute atomic E-state index is 0.889. The van der Waals surface area contributed by atoms with Crippen LogP contribution in [0.1, 0.15) is 11.3 Å². The zero-order chi connectivity index (χ0) is 11.8. The van der Waals surface area contributed by atoms with Crippen molar-refractivity contribution in [1.29, 1.82) is 0 Å². The van der Waals surface area contributed by atoms with E-state index >= 15 is 0 Å². The molecule has 2 heterocycles. The average Bonchev–Trinajstić information content (AvgIpc) is 2.70. The van der Waals surface area contributed by atoms with E-state index < -0.39 is 0 Å². The maximum absolute atomic E-state index is 4.47. The first kappa shape index (κ1) is 10.0. The van der Waals surface area contributed by atoms with Gasteiger partial charge in [-0.1, -0.05) is 29.8 Å². The quantitative estimate of drug-likeness (QED) is 0.634. The van der Waals surface area contributed by atoms with Gasteiger partial charge in [0.2, 0.25) is 0 Å². The normalized spacial score (nSPS) is 10.9. The summed E-state index contributed by atoms with van der Waals surface area (Å²) >= 11 is 0. The molecule has 3 aromatic rings. The fourth-order valence-electron chi connectivity index (χ4n) is 1.95. The second-order valence-corrected chi connectivity index (χ2v) is 4.25. The zero-order valence-corrected chi connectivity index (χ0v) is 9.88. The lowest BCUT2D eigenvalue weighted by atomic mass is 10.1. The topological polar surface area (TPSA) is 30.2 Å². The van der Waals surface area contributed by atoms with Gasteiger partial charge in [0.15, 0.2) is 5.65 Å². The molecule has 0 N–H and O–H groups in total. The molecule has 0 spiro atoms. The molecule has 0 bridgehead atoms. The van der Waals surface area contributed by atoms with Crippen LogP contribution in [0, 0.1) is 13.8 Å². The molecule has 1 aromatic carbocycles. The molecule has 0 saturated heterocycles. The van der Waals surface area contributed by atoms with Gasteiger partial charge in [-0.2, -0.15) is 5.10 Å².